The zero-order chi connectivity index (χ0) is 19.9. The Morgan fingerprint density at radius 2 is 2.00 bits per heavy atom. The van der Waals surface area contributed by atoms with Crippen LogP contribution in [0.4, 0.5) is 5.69 Å². The number of nitrogens with one attached hydrogen (secondary N) is 2. The molecule has 0 spiro atoms. The third-order valence-electron chi connectivity index (χ3n) is 5.90. The molecule has 3 rings (SSSR count). The number of aliphatic imine (C=N–C) groups is 1. The van der Waals surface area contributed by atoms with Crippen LogP contribution in [-0.4, -0.2) is 95.4 Å². The predicted molar refractivity (Wildman–Crippen MR) is 117 cm³/mol. The van der Waals surface area contributed by atoms with Gasteiger partial charge in [-0.15, -0.1) is 0 Å². The molecule has 0 saturated carbocycles. The van der Waals surface area contributed by atoms with Crippen LogP contribution < -0.4 is 20.3 Å². The Balaban J connectivity index is 1.54. The molecule has 2 heterocycles. The van der Waals surface area contributed by atoms with Crippen molar-refractivity contribution < 1.29 is 4.74 Å². The molecule has 28 heavy (non-hydrogen) atoms. The van der Waals surface area contributed by atoms with Crippen molar-refractivity contribution in [2.24, 2.45) is 4.99 Å². The van der Waals surface area contributed by atoms with Gasteiger partial charge >= 0.3 is 0 Å². The first kappa shape index (κ1) is 20.7. The third kappa shape index (κ3) is 5.29. The number of hydrogen-bond acceptors (Lipinski definition) is 5. The van der Waals surface area contributed by atoms with Gasteiger partial charge in [0.15, 0.2) is 5.96 Å². The number of methoxy groups -OCH3 is 1. The largest absolute Gasteiger partial charge is 0.495 e. The lowest BCUT2D eigenvalue weighted by molar-refractivity contribution is 0.116. The van der Waals surface area contributed by atoms with Gasteiger partial charge in [-0.25, -0.2) is 0 Å². The maximum Gasteiger partial charge on any atom is 0.191 e. The van der Waals surface area contributed by atoms with Gasteiger partial charge in [0.05, 0.1) is 12.8 Å². The van der Waals surface area contributed by atoms with Gasteiger partial charge in [-0.05, 0) is 39.1 Å². The van der Waals surface area contributed by atoms with Crippen molar-refractivity contribution in [3.8, 4) is 5.75 Å². The summed E-state index contributed by atoms with van der Waals surface area (Å²) < 4.78 is 5.55. The average molecular weight is 389 g/mol. The Hall–Kier alpha value is -1.99. The van der Waals surface area contributed by atoms with E-state index in [0.717, 1.165) is 63.8 Å². The lowest BCUT2D eigenvalue weighted by Crippen LogP contribution is -2.57. The van der Waals surface area contributed by atoms with Gasteiger partial charge in [0.1, 0.15) is 5.75 Å². The molecule has 1 aromatic rings. The minimum atomic E-state index is 0.372. The molecule has 156 valence electrons. The number of rotatable bonds is 5. The van der Waals surface area contributed by atoms with Crippen LogP contribution in [0.2, 0.25) is 0 Å². The van der Waals surface area contributed by atoms with Crippen molar-refractivity contribution in [2.75, 3.05) is 72.4 Å². The molecule has 2 atom stereocenters. The van der Waals surface area contributed by atoms with Crippen LogP contribution in [0.1, 0.15) is 12.8 Å². The lowest BCUT2D eigenvalue weighted by atomic mass is 10.0. The highest BCUT2D eigenvalue weighted by molar-refractivity contribution is 5.80. The van der Waals surface area contributed by atoms with Crippen LogP contribution in [0.25, 0.3) is 0 Å². The molecule has 0 aromatic heterocycles. The number of piperazine rings is 1. The Labute approximate surface area is 169 Å². The van der Waals surface area contributed by atoms with Gasteiger partial charge in [-0.1, -0.05) is 12.1 Å². The fourth-order valence-corrected chi connectivity index (χ4v) is 4.13. The molecule has 2 N–H and O–H groups in total. The molecular weight excluding hydrogens is 352 g/mol. The summed E-state index contributed by atoms with van der Waals surface area (Å²) in [7, 11) is 8.00. The van der Waals surface area contributed by atoms with E-state index in [-0.39, 0.29) is 0 Å². The third-order valence-corrected chi connectivity index (χ3v) is 5.90. The molecule has 0 amide bonds. The number of anilines is 1. The quantitative estimate of drug-likeness (QED) is 0.582. The molecule has 2 saturated heterocycles. The van der Waals surface area contributed by atoms with Crippen molar-refractivity contribution in [2.45, 2.75) is 24.9 Å². The highest BCUT2D eigenvalue weighted by Gasteiger charge is 2.24. The molecule has 7 nitrogen and oxygen atoms in total. The fourth-order valence-electron chi connectivity index (χ4n) is 4.13. The zero-order valence-corrected chi connectivity index (χ0v) is 17.8. The second kappa shape index (κ2) is 9.98. The van der Waals surface area contributed by atoms with Gasteiger partial charge in [-0.2, -0.15) is 0 Å². The summed E-state index contributed by atoms with van der Waals surface area (Å²) in [6.07, 6.45) is 2.31. The molecular formula is C21H36N6O. The van der Waals surface area contributed by atoms with E-state index in [0.29, 0.717) is 12.1 Å². The Bertz CT molecular complexity index is 652. The molecule has 2 aliphatic heterocycles. The first-order valence-electron chi connectivity index (χ1n) is 10.3. The van der Waals surface area contributed by atoms with E-state index in [1.165, 1.54) is 5.69 Å². The highest BCUT2D eigenvalue weighted by Crippen LogP contribution is 2.29. The minimum absolute atomic E-state index is 0.372. The first-order valence-corrected chi connectivity index (χ1v) is 10.3. The molecule has 0 aliphatic carbocycles. The van der Waals surface area contributed by atoms with E-state index < -0.39 is 0 Å². The van der Waals surface area contributed by atoms with E-state index in [1.54, 1.807) is 7.11 Å². The van der Waals surface area contributed by atoms with Crippen molar-refractivity contribution in [3.05, 3.63) is 24.3 Å². The van der Waals surface area contributed by atoms with Gasteiger partial charge in [0, 0.05) is 58.4 Å². The van der Waals surface area contributed by atoms with Crippen LogP contribution >= 0.6 is 0 Å². The van der Waals surface area contributed by atoms with E-state index in [9.17, 15) is 0 Å². The lowest BCUT2D eigenvalue weighted by Gasteiger charge is -2.38. The number of nitrogens with zero attached hydrogens (tertiary/aromatic N) is 4. The van der Waals surface area contributed by atoms with Gasteiger partial charge in [0.25, 0.3) is 0 Å². The minimum Gasteiger partial charge on any atom is -0.495 e. The summed E-state index contributed by atoms with van der Waals surface area (Å²) in [5.74, 6) is 1.84. The summed E-state index contributed by atoms with van der Waals surface area (Å²) in [5.41, 5.74) is 1.17. The Morgan fingerprint density at radius 1 is 1.18 bits per heavy atom. The maximum atomic E-state index is 5.55. The van der Waals surface area contributed by atoms with Gasteiger partial charge in [-0.3, -0.25) is 9.89 Å². The average Bonchev–Trinajstić information content (AvgIpc) is 2.73. The Morgan fingerprint density at radius 3 is 2.79 bits per heavy atom. The monoisotopic (exact) mass is 388 g/mol. The number of benzene rings is 1. The number of likely N-dealkylation sites (N-methyl/N-ethyl adjacent to an activating group) is 2. The number of ether oxygens (including phenoxy) is 1. The van der Waals surface area contributed by atoms with E-state index in [1.807, 2.05) is 19.2 Å². The maximum absolute atomic E-state index is 5.55. The standard InChI is InChI=1S/C21H36N6O/c1-22-21(23-14-18-16-25(2)12-13-26(18)3)24-17-8-7-11-27(15-17)19-9-5-6-10-20(19)28-4/h5-6,9-10,17-18H,7-8,11-16H2,1-4H3,(H2,22,23,24). The van der Waals surface area contributed by atoms with E-state index in [4.69, 9.17) is 4.74 Å². The summed E-state index contributed by atoms with van der Waals surface area (Å²) in [4.78, 5) is 11.7. The zero-order valence-electron chi connectivity index (χ0n) is 17.8. The fraction of sp³-hybridized carbons (Fsp3) is 0.667. The number of para-hydroxylation sites is 2. The number of hydrogen-bond donors (Lipinski definition) is 2. The van der Waals surface area contributed by atoms with Crippen molar-refractivity contribution >= 4 is 11.6 Å². The number of piperidine rings is 1. The normalized spacial score (nSPS) is 24.9. The van der Waals surface area contributed by atoms with Crippen molar-refractivity contribution in [3.63, 3.8) is 0 Å². The van der Waals surface area contributed by atoms with E-state index in [2.05, 4.69) is 56.6 Å². The van der Waals surface area contributed by atoms with Crippen LogP contribution in [0, 0.1) is 0 Å². The van der Waals surface area contributed by atoms with Gasteiger partial charge < -0.3 is 25.2 Å². The smallest absolute Gasteiger partial charge is 0.191 e. The van der Waals surface area contributed by atoms with E-state index >= 15 is 0 Å². The van der Waals surface area contributed by atoms with Crippen LogP contribution in [-0.2, 0) is 0 Å². The van der Waals surface area contributed by atoms with Gasteiger partial charge in [0.2, 0.25) is 0 Å². The highest BCUT2D eigenvalue weighted by atomic mass is 16.5. The van der Waals surface area contributed by atoms with Crippen LogP contribution in [0.15, 0.2) is 29.3 Å². The summed E-state index contributed by atoms with van der Waals surface area (Å²) >= 11 is 0. The van der Waals surface area contributed by atoms with Crippen LogP contribution in [0.5, 0.6) is 5.75 Å². The van der Waals surface area contributed by atoms with Crippen molar-refractivity contribution in [1.29, 1.82) is 0 Å². The molecule has 2 unspecified atom stereocenters. The first-order chi connectivity index (χ1) is 13.6. The molecule has 2 aliphatic rings. The van der Waals surface area contributed by atoms with Crippen LogP contribution in [0.3, 0.4) is 0 Å². The molecule has 2 fully saturated rings. The SMILES string of the molecule is CN=C(NCC1CN(C)CCN1C)NC1CCCN(c2ccccc2OC)C1. The topological polar surface area (TPSA) is 55.4 Å². The summed E-state index contributed by atoms with van der Waals surface area (Å²) in [6.45, 7) is 6.26. The summed E-state index contributed by atoms with van der Waals surface area (Å²) in [6, 6.07) is 9.15. The molecule has 0 bridgehead atoms. The molecule has 1 aromatic carbocycles. The second-order valence-electron chi connectivity index (χ2n) is 7.95. The molecule has 0 radical (unpaired) electrons. The Kier molecular flexibility index (Phi) is 7.39. The number of guanidine groups is 1. The predicted octanol–water partition coefficient (Wildman–Crippen LogP) is 1.07. The molecule has 7 heteroatoms. The summed E-state index contributed by atoms with van der Waals surface area (Å²) in [5, 5.41) is 7.17. The second-order valence-corrected chi connectivity index (χ2v) is 7.95. The van der Waals surface area contributed by atoms with Crippen molar-refractivity contribution in [1.82, 2.24) is 20.4 Å².